The lowest BCUT2D eigenvalue weighted by Crippen LogP contribution is -2.41. The molecule has 0 aliphatic heterocycles. The maximum absolute atomic E-state index is 11.4. The lowest BCUT2D eigenvalue weighted by molar-refractivity contribution is -0.137. The van der Waals surface area contributed by atoms with E-state index in [1.54, 1.807) is 12.4 Å². The number of hydrogen-bond donors (Lipinski definition) is 3. The zero-order valence-corrected chi connectivity index (χ0v) is 10.5. The average Bonchev–Trinajstić information content (AvgIpc) is 2.59. The monoisotopic (exact) mass is 257 g/mol. The van der Waals surface area contributed by atoms with Crippen LogP contribution in [0.1, 0.15) is 23.9 Å². The molecular formula is C10H15N3O3S. The van der Waals surface area contributed by atoms with Crippen LogP contribution in [0.3, 0.4) is 0 Å². The molecule has 0 aromatic carbocycles. The van der Waals surface area contributed by atoms with Crippen molar-refractivity contribution in [3.63, 3.8) is 0 Å². The second-order valence-electron chi connectivity index (χ2n) is 3.69. The molecule has 0 saturated heterocycles. The molecule has 0 aliphatic carbocycles. The molecule has 17 heavy (non-hydrogen) atoms. The molecule has 1 atom stereocenters. The molecule has 1 unspecified atom stereocenters. The Balaban J connectivity index is 2.30. The highest BCUT2D eigenvalue weighted by molar-refractivity contribution is 7.09. The van der Waals surface area contributed by atoms with E-state index in [4.69, 9.17) is 5.11 Å². The van der Waals surface area contributed by atoms with Gasteiger partial charge in [0.05, 0.1) is 24.2 Å². The van der Waals surface area contributed by atoms with Gasteiger partial charge in [0.15, 0.2) is 0 Å². The fourth-order valence-corrected chi connectivity index (χ4v) is 1.96. The smallest absolute Gasteiger partial charge is 0.315 e. The summed E-state index contributed by atoms with van der Waals surface area (Å²) in [6.45, 7) is 3.92. The number of aliphatic carboxylic acids is 1. The Morgan fingerprint density at radius 2 is 2.29 bits per heavy atom. The molecule has 1 aromatic heterocycles. The fourth-order valence-electron chi connectivity index (χ4n) is 1.24. The number of amides is 2. The van der Waals surface area contributed by atoms with Gasteiger partial charge in [-0.25, -0.2) is 9.78 Å². The molecular weight excluding hydrogens is 242 g/mol. The first kappa shape index (κ1) is 13.4. The molecule has 0 bridgehead atoms. The molecule has 7 heteroatoms. The second kappa shape index (κ2) is 6.19. The highest BCUT2D eigenvalue weighted by Gasteiger charge is 2.11. The molecule has 2 amide bonds. The Morgan fingerprint density at radius 3 is 2.82 bits per heavy atom. The maximum Gasteiger partial charge on any atom is 0.315 e. The number of carboxylic acid groups (broad SMARTS) is 1. The van der Waals surface area contributed by atoms with E-state index in [1.165, 1.54) is 11.3 Å². The van der Waals surface area contributed by atoms with E-state index in [0.29, 0.717) is 6.54 Å². The van der Waals surface area contributed by atoms with Crippen LogP contribution in [0.4, 0.5) is 4.79 Å². The van der Waals surface area contributed by atoms with Crippen LogP contribution in [-0.4, -0.2) is 28.1 Å². The number of carboxylic acids is 1. The van der Waals surface area contributed by atoms with Gasteiger partial charge in [0.1, 0.15) is 0 Å². The summed E-state index contributed by atoms with van der Waals surface area (Å²) in [5.74, 6) is -0.934. The standard InChI is InChI=1S/C10H15N3O3S/c1-6(3-9(14)15)13-10(16)11-4-8-7(2)12-5-17-8/h5-6H,3-4H2,1-2H3,(H,14,15)(H2,11,13,16). The minimum absolute atomic E-state index is 0.0903. The van der Waals surface area contributed by atoms with Crippen molar-refractivity contribution in [2.45, 2.75) is 32.9 Å². The minimum Gasteiger partial charge on any atom is -0.481 e. The SMILES string of the molecule is Cc1ncsc1CNC(=O)NC(C)CC(=O)O. The predicted octanol–water partition coefficient (Wildman–Crippen LogP) is 1.11. The van der Waals surface area contributed by atoms with Crippen molar-refractivity contribution in [3.05, 3.63) is 16.1 Å². The zero-order chi connectivity index (χ0) is 12.8. The number of urea groups is 1. The van der Waals surface area contributed by atoms with E-state index in [-0.39, 0.29) is 12.5 Å². The number of nitrogens with one attached hydrogen (secondary N) is 2. The lowest BCUT2D eigenvalue weighted by atomic mass is 10.2. The van der Waals surface area contributed by atoms with Gasteiger partial charge in [0.2, 0.25) is 0 Å². The maximum atomic E-state index is 11.4. The predicted molar refractivity (Wildman–Crippen MR) is 63.9 cm³/mol. The first-order chi connectivity index (χ1) is 7.99. The van der Waals surface area contributed by atoms with Crippen LogP contribution in [0.5, 0.6) is 0 Å². The van der Waals surface area contributed by atoms with Crippen LogP contribution < -0.4 is 10.6 Å². The van der Waals surface area contributed by atoms with E-state index >= 15 is 0 Å². The lowest BCUT2D eigenvalue weighted by Gasteiger charge is -2.12. The van der Waals surface area contributed by atoms with Crippen molar-refractivity contribution in [2.24, 2.45) is 0 Å². The van der Waals surface area contributed by atoms with E-state index in [9.17, 15) is 9.59 Å². The van der Waals surface area contributed by atoms with Crippen LogP contribution in [0.2, 0.25) is 0 Å². The van der Waals surface area contributed by atoms with Crippen LogP contribution in [-0.2, 0) is 11.3 Å². The molecule has 94 valence electrons. The Labute approximate surface area is 103 Å². The fraction of sp³-hybridized carbons (Fsp3) is 0.500. The van der Waals surface area contributed by atoms with Crippen LogP contribution >= 0.6 is 11.3 Å². The third-order valence-corrected chi connectivity index (χ3v) is 3.05. The third kappa shape index (κ3) is 4.81. The number of hydrogen-bond acceptors (Lipinski definition) is 4. The van der Waals surface area contributed by atoms with Crippen LogP contribution in [0, 0.1) is 6.92 Å². The summed E-state index contributed by atoms with van der Waals surface area (Å²) in [6, 6.07) is -0.762. The zero-order valence-electron chi connectivity index (χ0n) is 9.69. The molecule has 1 rings (SSSR count). The van der Waals surface area contributed by atoms with E-state index in [0.717, 1.165) is 10.6 Å². The number of rotatable bonds is 5. The van der Waals surface area contributed by atoms with Gasteiger partial charge >= 0.3 is 12.0 Å². The molecule has 0 radical (unpaired) electrons. The summed E-state index contributed by atoms with van der Waals surface area (Å²) in [7, 11) is 0. The summed E-state index contributed by atoms with van der Waals surface area (Å²) in [6.07, 6.45) is -0.0903. The minimum atomic E-state index is -0.934. The average molecular weight is 257 g/mol. The molecule has 1 aromatic rings. The number of carbonyl (C=O) groups is 2. The Bertz CT molecular complexity index is 405. The number of carbonyl (C=O) groups excluding carboxylic acids is 1. The molecule has 6 nitrogen and oxygen atoms in total. The van der Waals surface area contributed by atoms with Gasteiger partial charge in [0.25, 0.3) is 0 Å². The quantitative estimate of drug-likeness (QED) is 0.737. The van der Waals surface area contributed by atoms with Gasteiger partial charge in [-0.2, -0.15) is 0 Å². The molecule has 0 aliphatic rings. The Kier molecular flexibility index (Phi) is 4.89. The van der Waals surface area contributed by atoms with Gasteiger partial charge in [0, 0.05) is 10.9 Å². The van der Waals surface area contributed by atoms with Gasteiger partial charge in [-0.3, -0.25) is 4.79 Å². The summed E-state index contributed by atoms with van der Waals surface area (Å²) in [4.78, 5) is 26.9. The second-order valence-corrected chi connectivity index (χ2v) is 4.63. The summed E-state index contributed by atoms with van der Waals surface area (Å²) in [5, 5.41) is 13.7. The molecule has 1 heterocycles. The number of thiazole rings is 1. The third-order valence-electron chi connectivity index (χ3n) is 2.11. The first-order valence-electron chi connectivity index (χ1n) is 5.14. The van der Waals surface area contributed by atoms with E-state index < -0.39 is 12.0 Å². The summed E-state index contributed by atoms with van der Waals surface area (Å²) < 4.78 is 0. The van der Waals surface area contributed by atoms with Crippen molar-refractivity contribution < 1.29 is 14.7 Å². The van der Waals surface area contributed by atoms with Crippen molar-refractivity contribution in [2.75, 3.05) is 0 Å². The van der Waals surface area contributed by atoms with Crippen LogP contribution in [0.25, 0.3) is 0 Å². The van der Waals surface area contributed by atoms with Crippen molar-refractivity contribution in [1.82, 2.24) is 15.6 Å². The number of aromatic nitrogens is 1. The van der Waals surface area contributed by atoms with Crippen molar-refractivity contribution in [3.8, 4) is 0 Å². The van der Waals surface area contributed by atoms with Gasteiger partial charge in [-0.15, -0.1) is 11.3 Å². The van der Waals surface area contributed by atoms with Crippen molar-refractivity contribution in [1.29, 1.82) is 0 Å². The summed E-state index contributed by atoms with van der Waals surface area (Å²) >= 11 is 1.47. The Hall–Kier alpha value is -1.63. The Morgan fingerprint density at radius 1 is 1.59 bits per heavy atom. The topological polar surface area (TPSA) is 91.3 Å². The van der Waals surface area contributed by atoms with Gasteiger partial charge in [-0.1, -0.05) is 0 Å². The largest absolute Gasteiger partial charge is 0.481 e. The molecule has 0 fully saturated rings. The molecule has 3 N–H and O–H groups in total. The van der Waals surface area contributed by atoms with Crippen molar-refractivity contribution >= 4 is 23.3 Å². The molecule has 0 saturated carbocycles. The van der Waals surface area contributed by atoms with E-state index in [2.05, 4.69) is 15.6 Å². The first-order valence-corrected chi connectivity index (χ1v) is 6.02. The highest BCUT2D eigenvalue weighted by Crippen LogP contribution is 2.10. The number of nitrogens with zero attached hydrogens (tertiary/aromatic N) is 1. The summed E-state index contributed by atoms with van der Waals surface area (Å²) in [5.41, 5.74) is 2.62. The number of aryl methyl sites for hydroxylation is 1. The highest BCUT2D eigenvalue weighted by atomic mass is 32.1. The van der Waals surface area contributed by atoms with Gasteiger partial charge < -0.3 is 15.7 Å². The normalized spacial score (nSPS) is 11.9. The van der Waals surface area contributed by atoms with Gasteiger partial charge in [-0.05, 0) is 13.8 Å². The van der Waals surface area contributed by atoms with Crippen LogP contribution in [0.15, 0.2) is 5.51 Å². The molecule has 0 spiro atoms. The van der Waals surface area contributed by atoms with E-state index in [1.807, 2.05) is 6.92 Å².